The third kappa shape index (κ3) is 5.82. The second-order valence-electron chi connectivity index (χ2n) is 14.7. The van der Waals surface area contributed by atoms with Gasteiger partial charge in [0.25, 0.3) is 0 Å². The molecule has 0 amide bonds. The van der Waals surface area contributed by atoms with E-state index in [9.17, 15) is 9.90 Å². The Hall–Kier alpha value is -1.47. The van der Waals surface area contributed by atoms with Gasteiger partial charge in [-0.25, -0.2) is 0 Å². The molecule has 6 rings (SSSR count). The molecule has 234 valence electrons. The summed E-state index contributed by atoms with van der Waals surface area (Å²) in [7, 11) is 0. The smallest absolute Gasteiger partial charge is 0.165 e. The van der Waals surface area contributed by atoms with Gasteiger partial charge in [-0.2, -0.15) is 0 Å². The number of hydrogen-bond donors (Lipinski definition) is 2. The van der Waals surface area contributed by atoms with Crippen LogP contribution in [0.1, 0.15) is 116 Å². The Morgan fingerprint density at radius 2 is 1.95 bits per heavy atom. The summed E-state index contributed by atoms with van der Waals surface area (Å²) in [6.07, 6.45) is 13.1. The number of Topliss-reactive ketones (excluding diaryl/α,β-unsaturated/α-hetero) is 1. The quantitative estimate of drug-likeness (QED) is 0.322. The Labute approximate surface area is 253 Å². The summed E-state index contributed by atoms with van der Waals surface area (Å²) in [4.78, 5) is 13.7. The molecule has 0 bridgehead atoms. The molecule has 1 aromatic rings. The van der Waals surface area contributed by atoms with Crippen LogP contribution in [0.15, 0.2) is 24.3 Å². The fraction of sp³-hybridized carbons (Fsp3) is 0.806. The van der Waals surface area contributed by atoms with E-state index in [0.717, 1.165) is 70.1 Å². The number of rotatable bonds is 8. The number of ketones is 1. The van der Waals surface area contributed by atoms with Crippen LogP contribution in [0.2, 0.25) is 0 Å². The largest absolute Gasteiger partial charge is 0.494 e. The minimum absolute atomic E-state index is 0.190. The Balaban J connectivity index is 1.14. The van der Waals surface area contributed by atoms with Gasteiger partial charge in [0.05, 0.1) is 25.9 Å². The van der Waals surface area contributed by atoms with Crippen LogP contribution in [0, 0.1) is 34.5 Å². The number of hydrogen-bond acceptors (Lipinski definition) is 6. The molecule has 1 aliphatic heterocycles. The number of ether oxygens (including phenoxy) is 3. The first-order valence-corrected chi connectivity index (χ1v) is 17.2. The van der Waals surface area contributed by atoms with E-state index in [1.54, 1.807) is 0 Å². The lowest BCUT2D eigenvalue weighted by Gasteiger charge is -2.51. The van der Waals surface area contributed by atoms with Crippen LogP contribution in [0.25, 0.3) is 0 Å². The number of carbonyl (C=O) groups is 1. The van der Waals surface area contributed by atoms with Gasteiger partial charge in [-0.3, -0.25) is 4.79 Å². The highest BCUT2D eigenvalue weighted by Crippen LogP contribution is 2.63. The zero-order chi connectivity index (χ0) is 29.4. The lowest BCUT2D eigenvalue weighted by molar-refractivity contribution is -0.218. The Morgan fingerprint density at radius 3 is 2.79 bits per heavy atom. The van der Waals surface area contributed by atoms with E-state index in [1.165, 1.54) is 31.2 Å². The highest BCUT2D eigenvalue weighted by molar-refractivity contribution is 5.87. The van der Waals surface area contributed by atoms with Crippen molar-refractivity contribution in [2.75, 3.05) is 26.4 Å². The van der Waals surface area contributed by atoms with Gasteiger partial charge in [-0.05, 0) is 118 Å². The number of fused-ring (bicyclic) bond motifs is 4. The maximum atomic E-state index is 13.7. The molecule has 9 atom stereocenters. The monoisotopic (exact) mass is 581 g/mol. The van der Waals surface area contributed by atoms with Crippen molar-refractivity contribution < 1.29 is 24.1 Å². The number of benzene rings is 1. The number of morpholine rings is 1. The van der Waals surface area contributed by atoms with Gasteiger partial charge in [-0.1, -0.05) is 26.0 Å². The summed E-state index contributed by atoms with van der Waals surface area (Å²) in [5.74, 6) is 2.72. The molecule has 42 heavy (non-hydrogen) atoms. The van der Waals surface area contributed by atoms with Crippen LogP contribution in [-0.4, -0.2) is 49.1 Å². The molecule has 1 heterocycles. The van der Waals surface area contributed by atoms with Crippen molar-refractivity contribution in [3.8, 4) is 5.75 Å². The molecule has 1 saturated heterocycles. The SMILES string of the molecule is CCOC1(O)CCCC2(C)C(CCC3CC4CCC(=O)C4(CCOc4cccc(C5COCC(CC)N5)c4)CCC32)C1. The van der Waals surface area contributed by atoms with Crippen LogP contribution in [-0.2, 0) is 14.3 Å². The highest BCUT2D eigenvalue weighted by atomic mass is 16.6. The molecular formula is C36H55NO5. The molecule has 5 fully saturated rings. The van der Waals surface area contributed by atoms with Crippen LogP contribution < -0.4 is 10.1 Å². The third-order valence-corrected chi connectivity index (χ3v) is 12.7. The van der Waals surface area contributed by atoms with Crippen LogP contribution >= 0.6 is 0 Å². The maximum absolute atomic E-state index is 13.7. The molecule has 0 radical (unpaired) electrons. The third-order valence-electron chi connectivity index (χ3n) is 12.7. The van der Waals surface area contributed by atoms with E-state index in [2.05, 4.69) is 37.4 Å². The molecular weight excluding hydrogens is 526 g/mol. The summed E-state index contributed by atoms with van der Waals surface area (Å²) in [6.45, 7) is 9.32. The van der Waals surface area contributed by atoms with Gasteiger partial charge < -0.3 is 24.6 Å². The van der Waals surface area contributed by atoms with Crippen molar-refractivity contribution in [3.63, 3.8) is 0 Å². The van der Waals surface area contributed by atoms with E-state index in [0.29, 0.717) is 55.3 Å². The standard InChI is InChI=1S/C36H55NO5/c1-4-29-23-40-24-32(37-29)26-8-6-9-30(21-26)41-19-18-35-17-14-31-25(20-27(35)12-13-33(35)38)10-11-28-22-36(39,42-5-2)16-7-15-34(28,31)3/h6,8-9,21,25,27-29,31-32,37,39H,4-5,7,10-20,22-24H2,1-3H3. The number of carbonyl (C=O) groups excluding carboxylic acids is 1. The second kappa shape index (κ2) is 12.5. The molecule has 2 N–H and O–H groups in total. The Bertz CT molecular complexity index is 1090. The fourth-order valence-corrected chi connectivity index (χ4v) is 10.3. The summed E-state index contributed by atoms with van der Waals surface area (Å²) >= 11 is 0. The van der Waals surface area contributed by atoms with Crippen molar-refractivity contribution in [2.24, 2.45) is 34.5 Å². The van der Waals surface area contributed by atoms with Gasteiger partial charge in [0, 0.05) is 37.3 Å². The summed E-state index contributed by atoms with van der Waals surface area (Å²) in [5.41, 5.74) is 1.20. The Kier molecular flexibility index (Phi) is 9.09. The molecule has 1 aromatic carbocycles. The van der Waals surface area contributed by atoms with E-state index in [4.69, 9.17) is 14.2 Å². The van der Waals surface area contributed by atoms with Crippen molar-refractivity contribution in [3.05, 3.63) is 29.8 Å². The number of aliphatic hydroxyl groups is 1. The van der Waals surface area contributed by atoms with Crippen molar-refractivity contribution in [2.45, 2.75) is 122 Å². The molecule has 0 aromatic heterocycles. The first-order valence-electron chi connectivity index (χ1n) is 17.2. The first-order chi connectivity index (χ1) is 20.3. The van der Waals surface area contributed by atoms with E-state index < -0.39 is 5.79 Å². The zero-order valence-electron chi connectivity index (χ0n) is 26.4. The predicted molar refractivity (Wildman–Crippen MR) is 164 cm³/mol. The lowest BCUT2D eigenvalue weighted by Crippen LogP contribution is -2.45. The van der Waals surface area contributed by atoms with Crippen LogP contribution in [0.3, 0.4) is 0 Å². The molecule has 6 nitrogen and oxygen atoms in total. The minimum atomic E-state index is -0.963. The molecule has 6 heteroatoms. The Morgan fingerprint density at radius 1 is 1.07 bits per heavy atom. The maximum Gasteiger partial charge on any atom is 0.165 e. The topological polar surface area (TPSA) is 77.0 Å². The molecule has 4 aliphatic carbocycles. The summed E-state index contributed by atoms with van der Waals surface area (Å²) < 4.78 is 18.2. The van der Waals surface area contributed by atoms with Crippen molar-refractivity contribution in [1.82, 2.24) is 5.32 Å². The summed E-state index contributed by atoms with van der Waals surface area (Å²) in [6, 6.07) is 9.02. The van der Waals surface area contributed by atoms with E-state index in [-0.39, 0.29) is 16.9 Å². The van der Waals surface area contributed by atoms with E-state index >= 15 is 0 Å². The van der Waals surface area contributed by atoms with Gasteiger partial charge in [0.1, 0.15) is 11.5 Å². The molecule has 5 aliphatic rings. The average molecular weight is 582 g/mol. The molecule has 9 unspecified atom stereocenters. The minimum Gasteiger partial charge on any atom is -0.494 e. The fourth-order valence-electron chi connectivity index (χ4n) is 10.3. The molecule has 4 saturated carbocycles. The van der Waals surface area contributed by atoms with Crippen LogP contribution in [0.5, 0.6) is 5.75 Å². The second-order valence-corrected chi connectivity index (χ2v) is 14.7. The van der Waals surface area contributed by atoms with Gasteiger partial charge in [-0.15, -0.1) is 0 Å². The van der Waals surface area contributed by atoms with E-state index in [1.807, 2.05) is 13.0 Å². The highest BCUT2D eigenvalue weighted by Gasteiger charge is 2.57. The zero-order valence-corrected chi connectivity index (χ0v) is 26.4. The summed E-state index contributed by atoms with van der Waals surface area (Å²) in [5, 5.41) is 15.0. The predicted octanol–water partition coefficient (Wildman–Crippen LogP) is 6.99. The lowest BCUT2D eigenvalue weighted by atomic mass is 9.54. The van der Waals surface area contributed by atoms with Gasteiger partial charge >= 0.3 is 0 Å². The van der Waals surface area contributed by atoms with Crippen molar-refractivity contribution >= 4 is 5.78 Å². The normalized spacial score (nSPS) is 42.1. The number of nitrogens with one attached hydrogen (secondary N) is 1. The molecule has 0 spiro atoms. The average Bonchev–Trinajstić information content (AvgIpc) is 3.10. The van der Waals surface area contributed by atoms with Crippen molar-refractivity contribution in [1.29, 1.82) is 0 Å². The first kappa shape index (κ1) is 30.6. The van der Waals surface area contributed by atoms with Gasteiger partial charge in [0.2, 0.25) is 0 Å². The van der Waals surface area contributed by atoms with Gasteiger partial charge in [0.15, 0.2) is 5.79 Å². The van der Waals surface area contributed by atoms with Crippen LogP contribution in [0.4, 0.5) is 0 Å².